The largest absolute Gasteiger partial charge is 0.475 e. The molecule has 3 aromatic heterocycles. The number of pyridine rings is 2. The average Bonchev–Trinajstić information content (AvgIpc) is 3.11. The number of carbonyl (C=O) groups is 1. The maximum Gasteiger partial charge on any atom is 0.255 e. The summed E-state index contributed by atoms with van der Waals surface area (Å²) in [6.07, 6.45) is 1.67. The Morgan fingerprint density at radius 2 is 1.90 bits per heavy atom. The highest BCUT2D eigenvalue weighted by molar-refractivity contribution is 6.30. The zero-order chi connectivity index (χ0) is 20.4. The van der Waals surface area contributed by atoms with Crippen molar-refractivity contribution in [3.8, 4) is 17.3 Å². The van der Waals surface area contributed by atoms with Crippen molar-refractivity contribution < 1.29 is 9.53 Å². The van der Waals surface area contributed by atoms with E-state index in [0.717, 1.165) is 5.56 Å². The zero-order valence-electron chi connectivity index (χ0n) is 15.8. The van der Waals surface area contributed by atoms with Gasteiger partial charge in [-0.05, 0) is 26.0 Å². The first-order valence-electron chi connectivity index (χ1n) is 9.05. The predicted molar refractivity (Wildman–Crippen MR) is 111 cm³/mol. The molecule has 7 nitrogen and oxygen atoms in total. The van der Waals surface area contributed by atoms with Crippen molar-refractivity contribution in [3.05, 3.63) is 71.5 Å². The lowest BCUT2D eigenvalue weighted by atomic mass is 10.2. The van der Waals surface area contributed by atoms with Gasteiger partial charge in [-0.3, -0.25) is 4.79 Å². The van der Waals surface area contributed by atoms with E-state index in [2.05, 4.69) is 20.4 Å². The summed E-state index contributed by atoms with van der Waals surface area (Å²) in [4.78, 5) is 21.3. The number of benzene rings is 1. The molecule has 0 aliphatic carbocycles. The van der Waals surface area contributed by atoms with Crippen LogP contribution in [0.25, 0.3) is 17.0 Å². The molecule has 0 fully saturated rings. The Hall–Kier alpha value is -3.45. The van der Waals surface area contributed by atoms with E-state index < -0.39 is 0 Å². The first kappa shape index (κ1) is 18.9. The number of hydrogen-bond acceptors (Lipinski definition) is 5. The van der Waals surface area contributed by atoms with Gasteiger partial charge in [-0.25, -0.2) is 14.5 Å². The highest BCUT2D eigenvalue weighted by atomic mass is 35.5. The Balaban J connectivity index is 1.58. The lowest BCUT2D eigenvalue weighted by Crippen LogP contribution is -2.14. The maximum atomic E-state index is 12.7. The van der Waals surface area contributed by atoms with E-state index in [0.29, 0.717) is 28.6 Å². The number of nitrogens with zero attached hydrogens (tertiary/aromatic N) is 4. The molecule has 29 heavy (non-hydrogen) atoms. The van der Waals surface area contributed by atoms with Crippen molar-refractivity contribution in [3.63, 3.8) is 0 Å². The fourth-order valence-electron chi connectivity index (χ4n) is 2.78. The number of hydrogen-bond donors (Lipinski definition) is 1. The molecule has 8 heteroatoms. The van der Waals surface area contributed by atoms with Crippen molar-refractivity contribution in [1.29, 1.82) is 0 Å². The van der Waals surface area contributed by atoms with Crippen LogP contribution in [0.2, 0.25) is 5.15 Å². The molecule has 4 aromatic rings. The molecule has 1 amide bonds. The standard InChI is InChI=1S/C21H18ClN5O2/c1-13(2)29-19-11-15(10-17(22)24-19)21(28)23-16-8-9-27-18(12-16)25-20(26-27)14-6-4-3-5-7-14/h3-13H,1-2H3,(H,23,28). The smallest absolute Gasteiger partial charge is 0.255 e. The number of rotatable bonds is 5. The quantitative estimate of drug-likeness (QED) is 0.493. The van der Waals surface area contributed by atoms with Crippen LogP contribution >= 0.6 is 11.6 Å². The Labute approximate surface area is 172 Å². The third-order valence-corrected chi connectivity index (χ3v) is 4.21. The minimum Gasteiger partial charge on any atom is -0.475 e. The molecule has 0 spiro atoms. The van der Waals surface area contributed by atoms with Crippen molar-refractivity contribution in [2.75, 3.05) is 5.32 Å². The molecule has 0 atom stereocenters. The number of amides is 1. The van der Waals surface area contributed by atoms with Crippen LogP contribution in [0.15, 0.2) is 60.8 Å². The molecule has 1 N–H and O–H groups in total. The van der Waals surface area contributed by atoms with E-state index in [4.69, 9.17) is 16.3 Å². The molecule has 0 radical (unpaired) electrons. The fraction of sp³-hybridized carbons (Fsp3) is 0.143. The first-order chi connectivity index (χ1) is 14.0. The van der Waals surface area contributed by atoms with Crippen molar-refractivity contribution >= 4 is 28.8 Å². The minimum atomic E-state index is -0.324. The SMILES string of the molecule is CC(C)Oc1cc(C(=O)Nc2ccn3nc(-c4ccccc4)nc3c2)cc(Cl)n1. The van der Waals surface area contributed by atoms with Gasteiger partial charge in [-0.15, -0.1) is 5.10 Å². The lowest BCUT2D eigenvalue weighted by molar-refractivity contribution is 0.102. The number of anilines is 1. The highest BCUT2D eigenvalue weighted by Crippen LogP contribution is 2.21. The summed E-state index contributed by atoms with van der Waals surface area (Å²) in [6.45, 7) is 3.75. The van der Waals surface area contributed by atoms with E-state index in [1.165, 1.54) is 6.07 Å². The Morgan fingerprint density at radius 3 is 2.66 bits per heavy atom. The topological polar surface area (TPSA) is 81.4 Å². The molecule has 146 valence electrons. The van der Waals surface area contributed by atoms with Crippen LogP contribution in [0.3, 0.4) is 0 Å². The van der Waals surface area contributed by atoms with Gasteiger partial charge in [0, 0.05) is 35.1 Å². The third-order valence-electron chi connectivity index (χ3n) is 4.02. The van der Waals surface area contributed by atoms with E-state index in [1.807, 2.05) is 44.2 Å². The van der Waals surface area contributed by atoms with Gasteiger partial charge in [0.2, 0.25) is 5.88 Å². The number of halogens is 1. The monoisotopic (exact) mass is 407 g/mol. The first-order valence-corrected chi connectivity index (χ1v) is 9.43. The summed E-state index contributed by atoms with van der Waals surface area (Å²) in [5.41, 5.74) is 2.49. The molecule has 1 aromatic carbocycles. The minimum absolute atomic E-state index is 0.0777. The molecular formula is C21H18ClN5O2. The van der Waals surface area contributed by atoms with Gasteiger partial charge in [0.1, 0.15) is 5.15 Å². The average molecular weight is 408 g/mol. The van der Waals surface area contributed by atoms with E-state index in [9.17, 15) is 4.79 Å². The molecule has 0 saturated carbocycles. The number of aromatic nitrogens is 4. The van der Waals surface area contributed by atoms with Gasteiger partial charge in [-0.2, -0.15) is 0 Å². The normalized spacial score (nSPS) is 11.0. The van der Waals surface area contributed by atoms with Gasteiger partial charge < -0.3 is 10.1 Å². The Bertz CT molecular complexity index is 1170. The summed E-state index contributed by atoms with van der Waals surface area (Å²) < 4.78 is 7.20. The van der Waals surface area contributed by atoms with E-state index >= 15 is 0 Å². The molecule has 4 rings (SSSR count). The molecule has 0 bridgehead atoms. The molecular weight excluding hydrogens is 390 g/mol. The highest BCUT2D eigenvalue weighted by Gasteiger charge is 2.13. The summed E-state index contributed by atoms with van der Waals surface area (Å²) in [6, 6.07) is 16.3. The number of fused-ring (bicyclic) bond motifs is 1. The molecule has 0 aliphatic rings. The molecule has 0 aliphatic heterocycles. The molecule has 0 unspecified atom stereocenters. The van der Waals surface area contributed by atoms with Gasteiger partial charge >= 0.3 is 0 Å². The predicted octanol–water partition coefficient (Wildman–Crippen LogP) is 4.48. The van der Waals surface area contributed by atoms with Crippen LogP contribution in [0.1, 0.15) is 24.2 Å². The van der Waals surface area contributed by atoms with Crippen molar-refractivity contribution in [1.82, 2.24) is 19.6 Å². The van der Waals surface area contributed by atoms with Crippen LogP contribution in [0.4, 0.5) is 5.69 Å². The number of ether oxygens (including phenoxy) is 1. The molecule has 3 heterocycles. The fourth-order valence-corrected chi connectivity index (χ4v) is 2.98. The maximum absolute atomic E-state index is 12.7. The van der Waals surface area contributed by atoms with E-state index in [-0.39, 0.29) is 17.2 Å². The van der Waals surface area contributed by atoms with E-state index in [1.54, 1.807) is 28.9 Å². The second-order valence-corrected chi connectivity index (χ2v) is 7.04. The second kappa shape index (κ2) is 7.89. The van der Waals surface area contributed by atoms with Crippen molar-refractivity contribution in [2.45, 2.75) is 20.0 Å². The summed E-state index contributed by atoms with van der Waals surface area (Å²) in [7, 11) is 0. The van der Waals surface area contributed by atoms with Crippen LogP contribution in [-0.4, -0.2) is 31.6 Å². The summed E-state index contributed by atoms with van der Waals surface area (Å²) in [5.74, 6) is 0.596. The van der Waals surface area contributed by atoms with Gasteiger partial charge in [-0.1, -0.05) is 41.9 Å². The zero-order valence-corrected chi connectivity index (χ0v) is 16.6. The van der Waals surface area contributed by atoms with Gasteiger partial charge in [0.15, 0.2) is 11.5 Å². The Kier molecular flexibility index (Phi) is 5.14. The van der Waals surface area contributed by atoms with Crippen LogP contribution in [0, 0.1) is 0 Å². The summed E-state index contributed by atoms with van der Waals surface area (Å²) >= 11 is 6.03. The second-order valence-electron chi connectivity index (χ2n) is 6.66. The number of nitrogens with one attached hydrogen (secondary N) is 1. The molecule has 0 saturated heterocycles. The van der Waals surface area contributed by atoms with Gasteiger partial charge in [0.25, 0.3) is 5.91 Å². The van der Waals surface area contributed by atoms with Crippen LogP contribution in [-0.2, 0) is 0 Å². The van der Waals surface area contributed by atoms with Crippen molar-refractivity contribution in [2.24, 2.45) is 0 Å². The Morgan fingerprint density at radius 1 is 1.10 bits per heavy atom. The van der Waals surface area contributed by atoms with Crippen LogP contribution in [0.5, 0.6) is 5.88 Å². The van der Waals surface area contributed by atoms with Crippen LogP contribution < -0.4 is 10.1 Å². The van der Waals surface area contributed by atoms with Gasteiger partial charge in [0.05, 0.1) is 6.10 Å². The number of carbonyl (C=O) groups excluding carboxylic acids is 1. The summed E-state index contributed by atoms with van der Waals surface area (Å²) in [5, 5.41) is 7.50. The lowest BCUT2D eigenvalue weighted by Gasteiger charge is -2.11. The third kappa shape index (κ3) is 4.35.